The van der Waals surface area contributed by atoms with Crippen molar-refractivity contribution in [2.45, 2.75) is 26.3 Å². The van der Waals surface area contributed by atoms with E-state index in [4.69, 9.17) is 19.9 Å². The van der Waals surface area contributed by atoms with Crippen LogP contribution in [0.3, 0.4) is 0 Å². The third-order valence-corrected chi connectivity index (χ3v) is 4.03. The number of hydrogen-bond acceptors (Lipinski definition) is 4. The molecule has 0 amide bonds. The Morgan fingerprint density at radius 2 is 1.65 bits per heavy atom. The molecule has 6 heteroatoms. The summed E-state index contributed by atoms with van der Waals surface area (Å²) < 4.78 is 16.0. The average molecular weight is 357 g/mol. The first kappa shape index (κ1) is 19.4. The summed E-state index contributed by atoms with van der Waals surface area (Å²) in [5.41, 5.74) is 9.05. The molecule has 6 nitrogen and oxygen atoms in total. The Balaban J connectivity index is 2.16. The van der Waals surface area contributed by atoms with E-state index in [0.717, 1.165) is 11.3 Å². The van der Waals surface area contributed by atoms with Gasteiger partial charge in [0, 0.05) is 17.3 Å². The van der Waals surface area contributed by atoms with Crippen LogP contribution < -0.4 is 25.3 Å². The molecule has 0 heterocycles. The van der Waals surface area contributed by atoms with Gasteiger partial charge in [0.15, 0.2) is 17.5 Å². The number of methoxy groups -OCH3 is 3. The number of ether oxygens (including phenoxy) is 3. The third kappa shape index (κ3) is 4.81. The standard InChI is InChI=1S/C20H27N3O3/c1-13(2)14-7-6-8-16(9-14)23-20(21)22-12-15-10-18(25-4)19(26-5)11-17(15)24-3/h6-11,13H,12H2,1-5H3,(H3,21,22,23). The van der Waals surface area contributed by atoms with Gasteiger partial charge in [-0.15, -0.1) is 0 Å². The van der Waals surface area contributed by atoms with Crippen molar-refractivity contribution in [1.82, 2.24) is 0 Å². The van der Waals surface area contributed by atoms with Crippen molar-refractivity contribution in [2.24, 2.45) is 10.7 Å². The first-order valence-corrected chi connectivity index (χ1v) is 8.44. The number of nitrogens with two attached hydrogens (primary N) is 1. The summed E-state index contributed by atoms with van der Waals surface area (Å²) in [5, 5.41) is 3.13. The Morgan fingerprint density at radius 3 is 2.27 bits per heavy atom. The fraction of sp³-hybridized carbons (Fsp3) is 0.350. The number of rotatable bonds is 7. The van der Waals surface area contributed by atoms with E-state index in [1.165, 1.54) is 5.56 Å². The Bertz CT molecular complexity index is 773. The van der Waals surface area contributed by atoms with Gasteiger partial charge < -0.3 is 25.3 Å². The van der Waals surface area contributed by atoms with Crippen LogP contribution in [0.5, 0.6) is 17.2 Å². The quantitative estimate of drug-likeness (QED) is 0.583. The minimum Gasteiger partial charge on any atom is -0.496 e. The number of hydrogen-bond donors (Lipinski definition) is 2. The third-order valence-electron chi connectivity index (χ3n) is 4.03. The van der Waals surface area contributed by atoms with Crippen LogP contribution in [-0.4, -0.2) is 27.3 Å². The molecule has 0 aromatic heterocycles. The number of benzene rings is 2. The van der Waals surface area contributed by atoms with E-state index < -0.39 is 0 Å². The van der Waals surface area contributed by atoms with E-state index in [9.17, 15) is 0 Å². The van der Waals surface area contributed by atoms with Gasteiger partial charge in [0.25, 0.3) is 0 Å². The monoisotopic (exact) mass is 357 g/mol. The highest BCUT2D eigenvalue weighted by Crippen LogP contribution is 2.34. The molecule has 0 aliphatic heterocycles. The predicted octanol–water partition coefficient (Wildman–Crippen LogP) is 3.76. The summed E-state index contributed by atoms with van der Waals surface area (Å²) in [4.78, 5) is 4.41. The minimum atomic E-state index is 0.336. The molecule has 2 rings (SSSR count). The van der Waals surface area contributed by atoms with E-state index >= 15 is 0 Å². The van der Waals surface area contributed by atoms with E-state index in [1.54, 1.807) is 27.4 Å². The van der Waals surface area contributed by atoms with E-state index in [0.29, 0.717) is 35.7 Å². The van der Waals surface area contributed by atoms with E-state index in [-0.39, 0.29) is 0 Å². The molecule has 2 aromatic rings. The SMILES string of the molecule is COc1cc(OC)c(OC)cc1CN=C(N)Nc1cccc(C(C)C)c1. The van der Waals surface area contributed by atoms with Crippen molar-refractivity contribution >= 4 is 11.6 Å². The normalized spacial score (nSPS) is 11.4. The Kier molecular flexibility index (Phi) is 6.72. The Labute approximate surface area is 155 Å². The van der Waals surface area contributed by atoms with Crippen LogP contribution in [0.2, 0.25) is 0 Å². The summed E-state index contributed by atoms with van der Waals surface area (Å²) in [5.74, 6) is 2.68. The summed E-state index contributed by atoms with van der Waals surface area (Å²) in [6, 6.07) is 11.8. The lowest BCUT2D eigenvalue weighted by Crippen LogP contribution is -2.22. The van der Waals surface area contributed by atoms with Gasteiger partial charge in [0.05, 0.1) is 27.9 Å². The largest absolute Gasteiger partial charge is 0.496 e. The van der Waals surface area contributed by atoms with Crippen LogP contribution in [-0.2, 0) is 6.54 Å². The summed E-state index contributed by atoms with van der Waals surface area (Å²) in [6.45, 7) is 4.66. The van der Waals surface area contributed by atoms with Gasteiger partial charge in [-0.05, 0) is 29.7 Å². The van der Waals surface area contributed by atoms with Crippen LogP contribution >= 0.6 is 0 Å². The van der Waals surface area contributed by atoms with Crippen LogP contribution in [0, 0.1) is 0 Å². The second-order valence-electron chi connectivity index (χ2n) is 6.13. The van der Waals surface area contributed by atoms with Gasteiger partial charge in [0.1, 0.15) is 5.75 Å². The van der Waals surface area contributed by atoms with Crippen molar-refractivity contribution in [3.8, 4) is 17.2 Å². The maximum atomic E-state index is 6.04. The van der Waals surface area contributed by atoms with Gasteiger partial charge in [-0.3, -0.25) is 0 Å². The first-order chi connectivity index (χ1) is 12.5. The molecule has 0 bridgehead atoms. The van der Waals surface area contributed by atoms with Gasteiger partial charge in [-0.25, -0.2) is 4.99 Å². The van der Waals surface area contributed by atoms with Crippen molar-refractivity contribution in [1.29, 1.82) is 0 Å². The van der Waals surface area contributed by atoms with Crippen LogP contribution in [0.25, 0.3) is 0 Å². The average Bonchev–Trinajstić information content (AvgIpc) is 2.65. The van der Waals surface area contributed by atoms with Crippen LogP contribution in [0.1, 0.15) is 30.9 Å². The molecular formula is C20H27N3O3. The lowest BCUT2D eigenvalue weighted by molar-refractivity contribution is 0.347. The first-order valence-electron chi connectivity index (χ1n) is 8.44. The molecule has 0 atom stereocenters. The Morgan fingerprint density at radius 1 is 1.00 bits per heavy atom. The molecule has 2 aromatic carbocycles. The Hall–Kier alpha value is -2.89. The highest BCUT2D eigenvalue weighted by atomic mass is 16.5. The lowest BCUT2D eigenvalue weighted by atomic mass is 10.0. The molecule has 0 saturated heterocycles. The maximum absolute atomic E-state index is 6.04. The summed E-state index contributed by atoms with van der Waals surface area (Å²) in [6.07, 6.45) is 0. The zero-order chi connectivity index (χ0) is 19.1. The van der Waals surface area contributed by atoms with E-state index in [1.807, 2.05) is 18.2 Å². The number of anilines is 1. The number of nitrogens with zero attached hydrogens (tertiary/aromatic N) is 1. The van der Waals surface area contributed by atoms with Crippen molar-refractivity contribution in [3.05, 3.63) is 47.5 Å². The molecule has 3 N–H and O–H groups in total. The zero-order valence-corrected chi connectivity index (χ0v) is 16.0. The second kappa shape index (κ2) is 8.99. The fourth-order valence-corrected chi connectivity index (χ4v) is 2.55. The van der Waals surface area contributed by atoms with Crippen LogP contribution in [0.15, 0.2) is 41.4 Å². The molecule has 0 aliphatic rings. The molecule has 0 unspecified atom stereocenters. The lowest BCUT2D eigenvalue weighted by Gasteiger charge is -2.13. The highest BCUT2D eigenvalue weighted by molar-refractivity contribution is 5.92. The van der Waals surface area contributed by atoms with Crippen LogP contribution in [0.4, 0.5) is 5.69 Å². The fourth-order valence-electron chi connectivity index (χ4n) is 2.55. The molecule has 0 spiro atoms. The highest BCUT2D eigenvalue weighted by Gasteiger charge is 2.11. The molecule has 0 saturated carbocycles. The topological polar surface area (TPSA) is 78.1 Å². The molecule has 140 valence electrons. The van der Waals surface area contributed by atoms with Crippen molar-refractivity contribution in [2.75, 3.05) is 26.6 Å². The number of guanidine groups is 1. The van der Waals surface area contributed by atoms with E-state index in [2.05, 4.69) is 36.3 Å². The summed E-state index contributed by atoms with van der Waals surface area (Å²) >= 11 is 0. The zero-order valence-electron chi connectivity index (χ0n) is 16.0. The van der Waals surface area contributed by atoms with Gasteiger partial charge >= 0.3 is 0 Å². The molecule has 0 radical (unpaired) electrons. The smallest absolute Gasteiger partial charge is 0.193 e. The van der Waals surface area contributed by atoms with Crippen molar-refractivity contribution < 1.29 is 14.2 Å². The number of aliphatic imine (C=N–C) groups is 1. The summed E-state index contributed by atoms with van der Waals surface area (Å²) in [7, 11) is 4.78. The second-order valence-corrected chi connectivity index (χ2v) is 6.13. The van der Waals surface area contributed by atoms with Gasteiger partial charge in [-0.1, -0.05) is 26.0 Å². The number of nitrogens with one attached hydrogen (secondary N) is 1. The van der Waals surface area contributed by atoms with Gasteiger partial charge in [0.2, 0.25) is 0 Å². The van der Waals surface area contributed by atoms with Crippen molar-refractivity contribution in [3.63, 3.8) is 0 Å². The van der Waals surface area contributed by atoms with Gasteiger partial charge in [-0.2, -0.15) is 0 Å². The molecular weight excluding hydrogens is 330 g/mol. The predicted molar refractivity (Wildman–Crippen MR) is 106 cm³/mol. The minimum absolute atomic E-state index is 0.336. The molecule has 0 fully saturated rings. The molecule has 26 heavy (non-hydrogen) atoms. The molecule has 0 aliphatic carbocycles. The maximum Gasteiger partial charge on any atom is 0.193 e.